The number of halogens is 1. The highest BCUT2D eigenvalue weighted by Crippen LogP contribution is 2.14. The Morgan fingerprint density at radius 1 is 1.24 bits per heavy atom. The van der Waals surface area contributed by atoms with Crippen LogP contribution in [0.5, 0.6) is 0 Å². The fourth-order valence-corrected chi connectivity index (χ4v) is 2.38. The van der Waals surface area contributed by atoms with Crippen LogP contribution in [0.15, 0.2) is 23.1 Å². The summed E-state index contributed by atoms with van der Waals surface area (Å²) in [6, 6.07) is 0. The first-order chi connectivity index (χ1) is 8.28. The molecule has 0 radical (unpaired) electrons. The van der Waals surface area contributed by atoms with Gasteiger partial charge in [-0.25, -0.2) is 15.0 Å². The third-order valence-electron chi connectivity index (χ3n) is 2.19. The zero-order chi connectivity index (χ0) is 12.1. The summed E-state index contributed by atoms with van der Waals surface area (Å²) >= 11 is 5.07. The van der Waals surface area contributed by atoms with Crippen LogP contribution in [-0.2, 0) is 12.8 Å². The van der Waals surface area contributed by atoms with Gasteiger partial charge in [0, 0.05) is 36.4 Å². The SMILES string of the molecule is CCc1cnc(CCNc2ncc(Br)cn2)s1. The van der Waals surface area contributed by atoms with Crippen LogP contribution in [0, 0.1) is 0 Å². The van der Waals surface area contributed by atoms with Crippen molar-refractivity contribution >= 4 is 33.2 Å². The van der Waals surface area contributed by atoms with Crippen molar-refractivity contribution in [3.8, 4) is 0 Å². The number of nitrogens with zero attached hydrogens (tertiary/aromatic N) is 3. The van der Waals surface area contributed by atoms with E-state index in [4.69, 9.17) is 0 Å². The Morgan fingerprint density at radius 2 is 2.00 bits per heavy atom. The van der Waals surface area contributed by atoms with Gasteiger partial charge in [0.05, 0.1) is 9.48 Å². The third-order valence-corrected chi connectivity index (χ3v) is 3.80. The molecule has 0 aliphatic heterocycles. The summed E-state index contributed by atoms with van der Waals surface area (Å²) in [5.41, 5.74) is 0. The van der Waals surface area contributed by atoms with Crippen LogP contribution in [0.2, 0.25) is 0 Å². The minimum atomic E-state index is 0.653. The average Bonchev–Trinajstić information content (AvgIpc) is 2.80. The van der Waals surface area contributed by atoms with Crippen LogP contribution in [0.25, 0.3) is 0 Å². The molecular formula is C11H13BrN4S. The van der Waals surface area contributed by atoms with Crippen molar-refractivity contribution in [2.75, 3.05) is 11.9 Å². The lowest BCUT2D eigenvalue weighted by Gasteiger charge is -2.02. The number of hydrogen-bond donors (Lipinski definition) is 1. The van der Waals surface area contributed by atoms with Gasteiger partial charge in [-0.3, -0.25) is 0 Å². The summed E-state index contributed by atoms with van der Waals surface area (Å²) in [4.78, 5) is 14.0. The largest absolute Gasteiger partial charge is 0.354 e. The van der Waals surface area contributed by atoms with Gasteiger partial charge in [-0.15, -0.1) is 11.3 Å². The second-order valence-electron chi connectivity index (χ2n) is 3.48. The van der Waals surface area contributed by atoms with Gasteiger partial charge in [-0.05, 0) is 22.4 Å². The summed E-state index contributed by atoms with van der Waals surface area (Å²) in [7, 11) is 0. The Labute approximate surface area is 113 Å². The number of aromatic nitrogens is 3. The van der Waals surface area contributed by atoms with Gasteiger partial charge in [0.1, 0.15) is 0 Å². The van der Waals surface area contributed by atoms with Gasteiger partial charge >= 0.3 is 0 Å². The smallest absolute Gasteiger partial charge is 0.222 e. The first-order valence-corrected chi connectivity index (χ1v) is 7.04. The van der Waals surface area contributed by atoms with E-state index in [1.807, 2.05) is 6.20 Å². The number of hydrogen-bond acceptors (Lipinski definition) is 5. The van der Waals surface area contributed by atoms with E-state index in [-0.39, 0.29) is 0 Å². The summed E-state index contributed by atoms with van der Waals surface area (Å²) < 4.78 is 0.885. The molecule has 0 aliphatic rings. The Hall–Kier alpha value is -1.01. The minimum Gasteiger partial charge on any atom is -0.354 e. The van der Waals surface area contributed by atoms with Gasteiger partial charge in [0.25, 0.3) is 0 Å². The first kappa shape index (κ1) is 12.4. The third kappa shape index (κ3) is 3.74. The molecule has 0 bridgehead atoms. The maximum absolute atomic E-state index is 4.36. The molecule has 2 aromatic rings. The van der Waals surface area contributed by atoms with Gasteiger partial charge in [-0.1, -0.05) is 6.92 Å². The molecule has 6 heteroatoms. The number of rotatable bonds is 5. The second kappa shape index (κ2) is 6.07. The van der Waals surface area contributed by atoms with Crippen molar-refractivity contribution in [1.29, 1.82) is 0 Å². The maximum atomic E-state index is 4.36. The number of thiazole rings is 1. The predicted molar refractivity (Wildman–Crippen MR) is 73.4 cm³/mol. The van der Waals surface area contributed by atoms with E-state index in [0.29, 0.717) is 5.95 Å². The molecule has 2 heterocycles. The van der Waals surface area contributed by atoms with E-state index in [1.165, 1.54) is 4.88 Å². The standard InChI is InChI=1S/C11H13BrN4S/c1-2-9-7-14-10(17-9)3-4-13-11-15-5-8(12)6-16-11/h5-7H,2-4H2,1H3,(H,13,15,16). The maximum Gasteiger partial charge on any atom is 0.222 e. The van der Waals surface area contributed by atoms with E-state index in [2.05, 4.69) is 43.1 Å². The molecule has 0 spiro atoms. The summed E-state index contributed by atoms with van der Waals surface area (Å²) in [5.74, 6) is 0.653. The highest BCUT2D eigenvalue weighted by Gasteiger charge is 2.01. The topological polar surface area (TPSA) is 50.7 Å². The van der Waals surface area contributed by atoms with E-state index >= 15 is 0 Å². The zero-order valence-electron chi connectivity index (χ0n) is 9.48. The lowest BCUT2D eigenvalue weighted by molar-refractivity contribution is 0.967. The molecule has 4 nitrogen and oxygen atoms in total. The molecule has 0 fully saturated rings. The van der Waals surface area contributed by atoms with Crippen LogP contribution >= 0.6 is 27.3 Å². The van der Waals surface area contributed by atoms with Gasteiger partial charge < -0.3 is 5.32 Å². The molecule has 17 heavy (non-hydrogen) atoms. The predicted octanol–water partition coefficient (Wildman–Crippen LogP) is 2.91. The van der Waals surface area contributed by atoms with Crippen LogP contribution in [0.4, 0.5) is 5.95 Å². The molecule has 0 amide bonds. The average molecular weight is 313 g/mol. The zero-order valence-corrected chi connectivity index (χ0v) is 11.9. The van der Waals surface area contributed by atoms with Crippen LogP contribution in [-0.4, -0.2) is 21.5 Å². The molecule has 90 valence electrons. The Kier molecular flexibility index (Phi) is 4.44. The van der Waals surface area contributed by atoms with Crippen molar-refractivity contribution < 1.29 is 0 Å². The summed E-state index contributed by atoms with van der Waals surface area (Å²) in [5, 5.41) is 4.33. The Bertz CT molecular complexity index is 469. The van der Waals surface area contributed by atoms with E-state index in [9.17, 15) is 0 Å². The van der Waals surface area contributed by atoms with Crippen molar-refractivity contribution in [3.63, 3.8) is 0 Å². The monoisotopic (exact) mass is 312 g/mol. The second-order valence-corrected chi connectivity index (χ2v) is 5.59. The quantitative estimate of drug-likeness (QED) is 0.922. The first-order valence-electron chi connectivity index (χ1n) is 5.43. The number of aryl methyl sites for hydroxylation is 1. The minimum absolute atomic E-state index is 0.653. The number of nitrogens with one attached hydrogen (secondary N) is 1. The Morgan fingerprint density at radius 3 is 2.65 bits per heavy atom. The van der Waals surface area contributed by atoms with Gasteiger partial charge in [0.15, 0.2) is 0 Å². The highest BCUT2D eigenvalue weighted by atomic mass is 79.9. The fraction of sp³-hybridized carbons (Fsp3) is 0.364. The normalized spacial score (nSPS) is 10.5. The molecule has 0 unspecified atom stereocenters. The van der Waals surface area contributed by atoms with Crippen molar-refractivity contribution in [1.82, 2.24) is 15.0 Å². The van der Waals surface area contributed by atoms with Crippen LogP contribution < -0.4 is 5.32 Å². The van der Waals surface area contributed by atoms with Crippen molar-refractivity contribution in [2.45, 2.75) is 19.8 Å². The molecule has 2 aromatic heterocycles. The molecule has 0 saturated heterocycles. The van der Waals surface area contributed by atoms with E-state index in [0.717, 1.165) is 28.9 Å². The summed E-state index contributed by atoms with van der Waals surface area (Å²) in [6.45, 7) is 2.95. The van der Waals surface area contributed by atoms with E-state index < -0.39 is 0 Å². The van der Waals surface area contributed by atoms with Crippen molar-refractivity contribution in [2.24, 2.45) is 0 Å². The Balaban J connectivity index is 1.81. The van der Waals surface area contributed by atoms with Crippen LogP contribution in [0.3, 0.4) is 0 Å². The molecule has 2 rings (SSSR count). The van der Waals surface area contributed by atoms with Crippen LogP contribution in [0.1, 0.15) is 16.8 Å². The van der Waals surface area contributed by atoms with Gasteiger partial charge in [-0.2, -0.15) is 0 Å². The number of anilines is 1. The molecule has 0 atom stereocenters. The van der Waals surface area contributed by atoms with Crippen molar-refractivity contribution in [3.05, 3.63) is 32.9 Å². The van der Waals surface area contributed by atoms with Gasteiger partial charge in [0.2, 0.25) is 5.95 Å². The van der Waals surface area contributed by atoms with E-state index in [1.54, 1.807) is 23.7 Å². The molecule has 0 aliphatic carbocycles. The summed E-state index contributed by atoms with van der Waals surface area (Å²) in [6.07, 6.45) is 7.38. The molecule has 0 aromatic carbocycles. The molecular weight excluding hydrogens is 300 g/mol. The highest BCUT2D eigenvalue weighted by molar-refractivity contribution is 9.10. The lowest BCUT2D eigenvalue weighted by atomic mass is 10.4. The fourth-order valence-electron chi connectivity index (χ4n) is 1.31. The molecule has 0 saturated carbocycles. The lowest BCUT2D eigenvalue weighted by Crippen LogP contribution is -2.07. The molecule has 1 N–H and O–H groups in total.